The normalized spacial score (nSPS) is 10.4. The van der Waals surface area contributed by atoms with Gasteiger partial charge in [0.2, 0.25) is 0 Å². The molecule has 0 saturated carbocycles. The highest BCUT2D eigenvalue weighted by Crippen LogP contribution is 2.19. The number of nitrogens with one attached hydrogen (secondary N) is 1. The van der Waals surface area contributed by atoms with Crippen LogP contribution in [0.5, 0.6) is 5.75 Å². The topological polar surface area (TPSA) is 58.0 Å². The molecule has 14 heavy (non-hydrogen) atoms. The van der Waals surface area contributed by atoms with Crippen molar-refractivity contribution in [2.24, 2.45) is 7.05 Å². The second kappa shape index (κ2) is 3.06. The molecule has 0 aliphatic heterocycles. The molecule has 0 spiro atoms. The highest BCUT2D eigenvalue weighted by atomic mass is 16.3. The van der Waals surface area contributed by atoms with Crippen molar-refractivity contribution in [2.45, 2.75) is 0 Å². The van der Waals surface area contributed by atoms with Crippen LogP contribution in [0, 0.1) is 0 Å². The van der Waals surface area contributed by atoms with Gasteiger partial charge >= 0.3 is 0 Å². The molecular weight excluding hydrogens is 180 g/mol. The van der Waals surface area contributed by atoms with Crippen LogP contribution in [0.15, 0.2) is 35.1 Å². The van der Waals surface area contributed by atoms with Crippen LogP contribution in [-0.2, 0) is 7.05 Å². The molecule has 0 fully saturated rings. The Morgan fingerprint density at radius 1 is 1.29 bits per heavy atom. The summed E-state index contributed by atoms with van der Waals surface area (Å²) >= 11 is 0. The van der Waals surface area contributed by atoms with Gasteiger partial charge in [0.05, 0.1) is 5.69 Å². The zero-order valence-corrected chi connectivity index (χ0v) is 7.69. The Balaban J connectivity index is 2.54. The summed E-state index contributed by atoms with van der Waals surface area (Å²) in [6.45, 7) is 0. The van der Waals surface area contributed by atoms with E-state index in [2.05, 4.69) is 5.10 Å². The van der Waals surface area contributed by atoms with Crippen LogP contribution in [0.25, 0.3) is 11.3 Å². The minimum atomic E-state index is -0.129. The number of phenolic OH excluding ortho intramolecular Hbond substituents is 1. The molecule has 1 aromatic heterocycles. The molecule has 2 aromatic rings. The van der Waals surface area contributed by atoms with Crippen molar-refractivity contribution in [1.82, 2.24) is 9.78 Å². The van der Waals surface area contributed by atoms with Crippen LogP contribution in [0.4, 0.5) is 0 Å². The summed E-state index contributed by atoms with van der Waals surface area (Å²) in [6.07, 6.45) is 0. The average Bonchev–Trinajstić information content (AvgIpc) is 2.47. The lowest BCUT2D eigenvalue weighted by molar-refractivity contribution is 0.475. The van der Waals surface area contributed by atoms with E-state index in [4.69, 9.17) is 5.11 Å². The minimum absolute atomic E-state index is 0.129. The molecule has 0 aliphatic carbocycles. The first-order valence-electron chi connectivity index (χ1n) is 4.22. The fourth-order valence-electron chi connectivity index (χ4n) is 1.39. The second-order valence-electron chi connectivity index (χ2n) is 3.11. The van der Waals surface area contributed by atoms with Gasteiger partial charge in [-0.3, -0.25) is 14.6 Å². The zero-order valence-electron chi connectivity index (χ0n) is 7.69. The van der Waals surface area contributed by atoms with Gasteiger partial charge < -0.3 is 5.11 Å². The number of aromatic amines is 1. The van der Waals surface area contributed by atoms with Crippen molar-refractivity contribution in [3.63, 3.8) is 0 Å². The molecule has 0 amide bonds. The maximum atomic E-state index is 11.0. The maximum absolute atomic E-state index is 11.0. The van der Waals surface area contributed by atoms with Crippen molar-refractivity contribution in [3.05, 3.63) is 40.7 Å². The Morgan fingerprint density at radius 2 is 1.93 bits per heavy atom. The number of phenols is 1. The molecule has 4 nitrogen and oxygen atoms in total. The van der Waals surface area contributed by atoms with E-state index in [1.807, 2.05) is 0 Å². The van der Waals surface area contributed by atoms with Gasteiger partial charge in [-0.2, -0.15) is 0 Å². The molecule has 0 atom stereocenters. The summed E-state index contributed by atoms with van der Waals surface area (Å²) in [4.78, 5) is 11.0. The lowest BCUT2D eigenvalue weighted by Gasteiger charge is -2.01. The number of hydrogen-bond acceptors (Lipinski definition) is 2. The molecule has 0 aliphatic rings. The summed E-state index contributed by atoms with van der Waals surface area (Å²) in [7, 11) is 1.77. The van der Waals surface area contributed by atoms with Gasteiger partial charge in [0.25, 0.3) is 5.56 Å². The summed E-state index contributed by atoms with van der Waals surface area (Å²) in [5.41, 5.74) is 1.56. The van der Waals surface area contributed by atoms with Gasteiger partial charge in [0, 0.05) is 18.7 Å². The molecule has 1 aromatic carbocycles. The number of benzene rings is 1. The number of nitrogens with zero attached hydrogens (tertiary/aromatic N) is 1. The molecule has 0 radical (unpaired) electrons. The molecular formula is C10H10N2O2. The number of aromatic nitrogens is 2. The summed E-state index contributed by atoms with van der Waals surface area (Å²) in [5.74, 6) is 0.217. The van der Waals surface area contributed by atoms with E-state index < -0.39 is 0 Å². The molecule has 2 N–H and O–H groups in total. The first kappa shape index (κ1) is 8.62. The van der Waals surface area contributed by atoms with E-state index in [9.17, 15) is 4.79 Å². The molecule has 2 rings (SSSR count). The largest absolute Gasteiger partial charge is 0.508 e. The SMILES string of the molecule is Cn1[nH]c(=O)cc1-c1ccc(O)cc1. The Bertz CT molecular complexity index is 494. The van der Waals surface area contributed by atoms with Crippen LogP contribution < -0.4 is 5.56 Å². The van der Waals surface area contributed by atoms with E-state index in [1.54, 1.807) is 36.0 Å². The van der Waals surface area contributed by atoms with Crippen LogP contribution in [0.2, 0.25) is 0 Å². The molecule has 4 heteroatoms. The Hall–Kier alpha value is -1.97. The predicted octanol–water partition coefficient (Wildman–Crippen LogP) is 1.09. The number of H-pyrrole nitrogens is 1. The fourth-order valence-corrected chi connectivity index (χ4v) is 1.39. The van der Waals surface area contributed by atoms with Crippen molar-refractivity contribution in [1.29, 1.82) is 0 Å². The van der Waals surface area contributed by atoms with Crippen molar-refractivity contribution < 1.29 is 5.11 Å². The first-order valence-corrected chi connectivity index (χ1v) is 4.22. The number of aryl methyl sites for hydroxylation is 1. The van der Waals surface area contributed by atoms with E-state index in [0.717, 1.165) is 11.3 Å². The lowest BCUT2D eigenvalue weighted by atomic mass is 10.1. The van der Waals surface area contributed by atoms with Crippen molar-refractivity contribution >= 4 is 0 Å². The van der Waals surface area contributed by atoms with Crippen LogP contribution in [0.3, 0.4) is 0 Å². The third kappa shape index (κ3) is 1.42. The van der Waals surface area contributed by atoms with Gasteiger partial charge in [-0.05, 0) is 24.3 Å². The van der Waals surface area contributed by atoms with Gasteiger partial charge in [-0.25, -0.2) is 0 Å². The Morgan fingerprint density at radius 3 is 2.43 bits per heavy atom. The van der Waals surface area contributed by atoms with Gasteiger partial charge in [-0.15, -0.1) is 0 Å². The predicted molar refractivity (Wildman–Crippen MR) is 53.1 cm³/mol. The van der Waals surface area contributed by atoms with Gasteiger partial charge in [-0.1, -0.05) is 0 Å². The fraction of sp³-hybridized carbons (Fsp3) is 0.100. The summed E-state index contributed by atoms with van der Waals surface area (Å²) < 4.78 is 1.65. The van der Waals surface area contributed by atoms with Crippen LogP contribution in [0.1, 0.15) is 0 Å². The average molecular weight is 190 g/mol. The van der Waals surface area contributed by atoms with E-state index in [-0.39, 0.29) is 11.3 Å². The summed E-state index contributed by atoms with van der Waals surface area (Å²) in [6, 6.07) is 8.22. The quantitative estimate of drug-likeness (QED) is 0.707. The van der Waals surface area contributed by atoms with E-state index >= 15 is 0 Å². The Kier molecular flexibility index (Phi) is 1.89. The minimum Gasteiger partial charge on any atom is -0.508 e. The monoisotopic (exact) mass is 190 g/mol. The molecule has 0 saturated heterocycles. The van der Waals surface area contributed by atoms with Gasteiger partial charge in [0.15, 0.2) is 0 Å². The van der Waals surface area contributed by atoms with Crippen molar-refractivity contribution in [2.75, 3.05) is 0 Å². The van der Waals surface area contributed by atoms with Crippen molar-refractivity contribution in [3.8, 4) is 17.0 Å². The van der Waals surface area contributed by atoms with Gasteiger partial charge in [0.1, 0.15) is 5.75 Å². The lowest BCUT2D eigenvalue weighted by Crippen LogP contribution is -2.00. The second-order valence-corrected chi connectivity index (χ2v) is 3.11. The molecule has 0 unspecified atom stereocenters. The van der Waals surface area contributed by atoms with E-state index in [1.165, 1.54) is 6.07 Å². The standard InChI is InChI=1S/C10H10N2O2/c1-12-9(6-10(14)11-12)7-2-4-8(13)5-3-7/h2-6,13H,1H3,(H,11,14). The first-order chi connectivity index (χ1) is 6.66. The van der Waals surface area contributed by atoms with Crippen LogP contribution >= 0.6 is 0 Å². The highest BCUT2D eigenvalue weighted by Gasteiger charge is 2.03. The van der Waals surface area contributed by atoms with Crippen LogP contribution in [-0.4, -0.2) is 14.9 Å². The molecule has 1 heterocycles. The Labute approximate surface area is 80.4 Å². The number of hydrogen-bond donors (Lipinski definition) is 2. The number of aromatic hydroxyl groups is 1. The molecule has 72 valence electrons. The number of rotatable bonds is 1. The summed E-state index contributed by atoms with van der Waals surface area (Å²) in [5, 5.41) is 11.7. The highest BCUT2D eigenvalue weighted by molar-refractivity contribution is 5.59. The zero-order chi connectivity index (χ0) is 10.1. The third-order valence-corrected chi connectivity index (χ3v) is 2.07. The smallest absolute Gasteiger partial charge is 0.264 e. The maximum Gasteiger partial charge on any atom is 0.264 e. The molecule has 0 bridgehead atoms. The third-order valence-electron chi connectivity index (χ3n) is 2.07. The van der Waals surface area contributed by atoms with E-state index in [0.29, 0.717) is 0 Å².